The van der Waals surface area contributed by atoms with Gasteiger partial charge in [-0.25, -0.2) is 4.39 Å². The van der Waals surface area contributed by atoms with Crippen LogP contribution >= 0.6 is 15.9 Å². The highest BCUT2D eigenvalue weighted by Crippen LogP contribution is 2.33. The molecule has 1 fully saturated rings. The number of carboxylic acid groups (broad SMARTS) is 1. The van der Waals surface area contributed by atoms with Gasteiger partial charge < -0.3 is 5.11 Å². The van der Waals surface area contributed by atoms with Crippen LogP contribution in [0.15, 0.2) is 22.7 Å². The molecule has 1 aliphatic rings. The number of carbonyl (C=O) groups is 1. The van der Waals surface area contributed by atoms with Crippen molar-refractivity contribution in [3.05, 3.63) is 34.1 Å². The Morgan fingerprint density at radius 3 is 2.67 bits per heavy atom. The van der Waals surface area contributed by atoms with Crippen LogP contribution in [-0.4, -0.2) is 29.1 Å². The summed E-state index contributed by atoms with van der Waals surface area (Å²) in [7, 11) is 0. The Morgan fingerprint density at radius 1 is 1.44 bits per heavy atom. The minimum Gasteiger partial charge on any atom is -0.481 e. The molecule has 0 saturated carbocycles. The number of halogens is 2. The first-order valence-electron chi connectivity index (χ1n) is 5.98. The van der Waals surface area contributed by atoms with Gasteiger partial charge in [0.25, 0.3) is 0 Å². The maximum Gasteiger partial charge on any atom is 0.305 e. The fraction of sp³-hybridized carbons (Fsp3) is 0.462. The molecule has 0 spiro atoms. The molecule has 0 bridgehead atoms. The highest BCUT2D eigenvalue weighted by atomic mass is 79.9. The Kier molecular flexibility index (Phi) is 4.35. The Bertz CT molecular complexity index is 447. The summed E-state index contributed by atoms with van der Waals surface area (Å²) in [6, 6.07) is 4.26. The summed E-state index contributed by atoms with van der Waals surface area (Å²) in [5.74, 6) is -1.15. The summed E-state index contributed by atoms with van der Waals surface area (Å²) in [5.41, 5.74) is 0.848. The first kappa shape index (κ1) is 13.5. The first-order chi connectivity index (χ1) is 8.58. The van der Waals surface area contributed by atoms with Gasteiger partial charge in [-0.1, -0.05) is 22.0 Å². The molecule has 0 amide bonds. The normalized spacial score (nSPS) is 17.9. The Hall–Kier alpha value is -0.940. The van der Waals surface area contributed by atoms with Crippen LogP contribution in [0, 0.1) is 5.82 Å². The zero-order chi connectivity index (χ0) is 13.1. The van der Waals surface area contributed by atoms with E-state index >= 15 is 0 Å². The van der Waals surface area contributed by atoms with Crippen LogP contribution in [0.2, 0.25) is 0 Å². The largest absolute Gasteiger partial charge is 0.481 e. The molecule has 0 radical (unpaired) electrons. The van der Waals surface area contributed by atoms with Gasteiger partial charge in [0, 0.05) is 10.5 Å². The molecule has 0 aromatic heterocycles. The van der Waals surface area contributed by atoms with E-state index in [1.807, 2.05) is 0 Å². The van der Waals surface area contributed by atoms with Gasteiger partial charge in [0.05, 0.1) is 6.42 Å². The molecule has 3 nitrogen and oxygen atoms in total. The van der Waals surface area contributed by atoms with Crippen LogP contribution in [0.5, 0.6) is 0 Å². The second-order valence-electron chi connectivity index (χ2n) is 4.52. The summed E-state index contributed by atoms with van der Waals surface area (Å²) < 4.78 is 13.7. The predicted molar refractivity (Wildman–Crippen MR) is 69.9 cm³/mol. The van der Waals surface area contributed by atoms with Gasteiger partial charge in [-0.3, -0.25) is 9.69 Å². The molecule has 1 heterocycles. The van der Waals surface area contributed by atoms with Crippen molar-refractivity contribution in [3.8, 4) is 0 Å². The van der Waals surface area contributed by atoms with Crippen molar-refractivity contribution in [3.63, 3.8) is 0 Å². The number of carboxylic acids is 1. The molecule has 0 aliphatic carbocycles. The zero-order valence-electron chi connectivity index (χ0n) is 9.90. The third kappa shape index (κ3) is 3.09. The van der Waals surface area contributed by atoms with Crippen molar-refractivity contribution in [2.75, 3.05) is 13.1 Å². The van der Waals surface area contributed by atoms with Crippen LogP contribution in [0.25, 0.3) is 0 Å². The fourth-order valence-electron chi connectivity index (χ4n) is 2.43. The van der Waals surface area contributed by atoms with E-state index in [4.69, 9.17) is 5.11 Å². The second-order valence-corrected chi connectivity index (χ2v) is 5.38. The molecule has 1 aliphatic heterocycles. The summed E-state index contributed by atoms with van der Waals surface area (Å²) in [6.45, 7) is 1.81. The molecule has 1 aromatic carbocycles. The molecule has 1 saturated heterocycles. The average Bonchev–Trinajstić information content (AvgIpc) is 2.79. The van der Waals surface area contributed by atoms with Crippen LogP contribution in [0.3, 0.4) is 0 Å². The smallest absolute Gasteiger partial charge is 0.305 e. The van der Waals surface area contributed by atoms with Crippen molar-refractivity contribution in [1.29, 1.82) is 0 Å². The number of rotatable bonds is 4. The number of hydrogen-bond donors (Lipinski definition) is 1. The highest BCUT2D eigenvalue weighted by Gasteiger charge is 2.27. The Morgan fingerprint density at radius 2 is 2.11 bits per heavy atom. The lowest BCUT2D eigenvalue weighted by molar-refractivity contribution is -0.138. The quantitative estimate of drug-likeness (QED) is 0.927. The molecule has 1 N–H and O–H groups in total. The topological polar surface area (TPSA) is 40.5 Å². The Balaban J connectivity index is 2.29. The van der Waals surface area contributed by atoms with E-state index in [1.165, 1.54) is 12.1 Å². The summed E-state index contributed by atoms with van der Waals surface area (Å²) >= 11 is 3.33. The van der Waals surface area contributed by atoms with E-state index < -0.39 is 5.97 Å². The van der Waals surface area contributed by atoms with Gasteiger partial charge in [-0.2, -0.15) is 0 Å². The molecule has 1 atom stereocenters. The molecule has 1 aromatic rings. The molecule has 5 heteroatoms. The van der Waals surface area contributed by atoms with Gasteiger partial charge in [-0.05, 0) is 43.6 Å². The predicted octanol–water partition coefficient (Wildman–Crippen LogP) is 3.20. The molecule has 1 unspecified atom stereocenters. The van der Waals surface area contributed by atoms with E-state index in [9.17, 15) is 9.18 Å². The van der Waals surface area contributed by atoms with E-state index in [-0.39, 0.29) is 18.3 Å². The second kappa shape index (κ2) is 5.80. The van der Waals surface area contributed by atoms with Crippen molar-refractivity contribution in [2.24, 2.45) is 0 Å². The van der Waals surface area contributed by atoms with Gasteiger partial charge >= 0.3 is 5.97 Å². The lowest BCUT2D eigenvalue weighted by Crippen LogP contribution is -2.28. The van der Waals surface area contributed by atoms with Crippen LogP contribution in [0.1, 0.15) is 30.9 Å². The van der Waals surface area contributed by atoms with Gasteiger partial charge in [-0.15, -0.1) is 0 Å². The fourth-order valence-corrected chi connectivity index (χ4v) is 3.04. The van der Waals surface area contributed by atoms with Gasteiger partial charge in [0.1, 0.15) is 5.82 Å². The first-order valence-corrected chi connectivity index (χ1v) is 6.78. The maximum absolute atomic E-state index is 13.1. The standard InChI is InChI=1S/C13H15BrFNO2/c14-11-7-9(15)3-4-10(11)12(8-13(17)18)16-5-1-2-6-16/h3-4,7,12H,1-2,5-6,8H2,(H,17,18). The molecular formula is C13H15BrFNO2. The van der Waals surface area contributed by atoms with Crippen molar-refractivity contribution in [2.45, 2.75) is 25.3 Å². The van der Waals surface area contributed by atoms with E-state index in [0.717, 1.165) is 31.5 Å². The zero-order valence-corrected chi connectivity index (χ0v) is 11.5. The number of benzene rings is 1. The Labute approximate surface area is 114 Å². The highest BCUT2D eigenvalue weighted by molar-refractivity contribution is 9.10. The van der Waals surface area contributed by atoms with E-state index in [2.05, 4.69) is 20.8 Å². The van der Waals surface area contributed by atoms with Crippen LogP contribution in [0.4, 0.5) is 4.39 Å². The number of aliphatic carboxylic acids is 1. The van der Waals surface area contributed by atoms with Crippen molar-refractivity contribution in [1.82, 2.24) is 4.90 Å². The summed E-state index contributed by atoms with van der Waals surface area (Å²) in [4.78, 5) is 13.2. The van der Waals surface area contributed by atoms with Gasteiger partial charge in [0.15, 0.2) is 0 Å². The lowest BCUT2D eigenvalue weighted by atomic mass is 10.0. The van der Waals surface area contributed by atoms with E-state index in [0.29, 0.717) is 4.47 Å². The third-order valence-corrected chi connectivity index (χ3v) is 3.96. The number of likely N-dealkylation sites (tertiary alicyclic amines) is 1. The molecule has 18 heavy (non-hydrogen) atoms. The van der Waals surface area contributed by atoms with E-state index in [1.54, 1.807) is 6.07 Å². The van der Waals surface area contributed by atoms with Gasteiger partial charge in [0.2, 0.25) is 0 Å². The molecule has 2 rings (SSSR count). The maximum atomic E-state index is 13.1. The minimum atomic E-state index is -0.830. The van der Waals surface area contributed by atoms with Crippen molar-refractivity contribution < 1.29 is 14.3 Å². The lowest BCUT2D eigenvalue weighted by Gasteiger charge is -2.27. The number of nitrogens with zero attached hydrogens (tertiary/aromatic N) is 1. The molecular weight excluding hydrogens is 301 g/mol. The molecule has 98 valence electrons. The monoisotopic (exact) mass is 315 g/mol. The van der Waals surface area contributed by atoms with Crippen LogP contribution in [-0.2, 0) is 4.79 Å². The van der Waals surface area contributed by atoms with Crippen LogP contribution < -0.4 is 0 Å². The average molecular weight is 316 g/mol. The third-order valence-electron chi connectivity index (χ3n) is 3.27. The number of hydrogen-bond acceptors (Lipinski definition) is 2. The summed E-state index contributed by atoms with van der Waals surface area (Å²) in [6.07, 6.45) is 2.23. The SMILES string of the molecule is O=C(O)CC(c1ccc(F)cc1Br)N1CCCC1. The van der Waals surface area contributed by atoms with Crippen molar-refractivity contribution >= 4 is 21.9 Å². The summed E-state index contributed by atoms with van der Waals surface area (Å²) in [5, 5.41) is 9.03. The minimum absolute atomic E-state index is 0.0459.